The summed E-state index contributed by atoms with van der Waals surface area (Å²) in [5.41, 5.74) is 0. The summed E-state index contributed by atoms with van der Waals surface area (Å²) in [5, 5.41) is 14.1. The average molecular weight is 268 g/mol. The first-order valence-corrected chi connectivity index (χ1v) is 6.20. The molecule has 6 heteroatoms. The number of hydrogen-bond donors (Lipinski definition) is 3. The van der Waals surface area contributed by atoms with Crippen molar-refractivity contribution < 1.29 is 19.1 Å². The van der Waals surface area contributed by atoms with Crippen molar-refractivity contribution in [3.05, 3.63) is 23.7 Å². The van der Waals surface area contributed by atoms with Gasteiger partial charge in [-0.2, -0.15) is 0 Å². The predicted molar refractivity (Wildman–Crippen MR) is 69.7 cm³/mol. The molecule has 1 aromatic heterocycles. The van der Waals surface area contributed by atoms with Gasteiger partial charge in [-0.3, -0.25) is 4.79 Å². The van der Waals surface area contributed by atoms with Gasteiger partial charge in [0.15, 0.2) is 0 Å². The molecule has 0 aliphatic rings. The van der Waals surface area contributed by atoms with Crippen LogP contribution < -0.4 is 10.6 Å². The molecular formula is C13H20N2O4. The highest BCUT2D eigenvalue weighted by molar-refractivity contribution is 5.75. The molecule has 1 unspecified atom stereocenters. The van der Waals surface area contributed by atoms with Crippen molar-refractivity contribution in [1.82, 2.24) is 10.6 Å². The number of carbonyl (C=O) groups is 2. The topological polar surface area (TPSA) is 91.6 Å². The highest BCUT2D eigenvalue weighted by Gasteiger charge is 2.19. The fraction of sp³-hybridized carbons (Fsp3) is 0.538. The minimum absolute atomic E-state index is 0.0488. The van der Waals surface area contributed by atoms with Crippen molar-refractivity contribution in [1.29, 1.82) is 0 Å². The predicted octanol–water partition coefficient (Wildman–Crippen LogP) is 1.89. The first kappa shape index (κ1) is 15.1. The monoisotopic (exact) mass is 268 g/mol. The van der Waals surface area contributed by atoms with Crippen LogP contribution in [0.5, 0.6) is 0 Å². The molecule has 6 nitrogen and oxygen atoms in total. The lowest BCUT2D eigenvalue weighted by molar-refractivity contribution is -0.137. The number of carbonyl (C=O) groups excluding carboxylic acids is 1. The fourth-order valence-electron chi connectivity index (χ4n) is 1.61. The van der Waals surface area contributed by atoms with Gasteiger partial charge in [0, 0.05) is 6.04 Å². The van der Waals surface area contributed by atoms with Crippen LogP contribution in [0.4, 0.5) is 4.79 Å². The molecule has 0 fully saturated rings. The highest BCUT2D eigenvalue weighted by Crippen LogP contribution is 2.07. The average Bonchev–Trinajstić information content (AvgIpc) is 2.71. The maximum Gasteiger partial charge on any atom is 0.315 e. The van der Waals surface area contributed by atoms with Crippen molar-refractivity contribution >= 4 is 12.0 Å². The number of furan rings is 1. The summed E-state index contributed by atoms with van der Waals surface area (Å²) in [6.07, 6.45) is -0.0923. The van der Waals surface area contributed by atoms with Crippen LogP contribution in [0.1, 0.15) is 31.8 Å². The van der Waals surface area contributed by atoms with Crippen LogP contribution in [-0.4, -0.2) is 23.1 Å². The molecule has 0 saturated carbocycles. The molecule has 0 aromatic carbocycles. The van der Waals surface area contributed by atoms with Gasteiger partial charge in [0.2, 0.25) is 0 Å². The zero-order valence-corrected chi connectivity index (χ0v) is 11.4. The Kier molecular flexibility index (Phi) is 5.41. The first-order valence-electron chi connectivity index (χ1n) is 6.20. The van der Waals surface area contributed by atoms with Gasteiger partial charge in [0.25, 0.3) is 0 Å². The Labute approximate surface area is 112 Å². The number of hydrogen-bond acceptors (Lipinski definition) is 3. The van der Waals surface area contributed by atoms with Gasteiger partial charge in [-0.25, -0.2) is 4.79 Å². The Morgan fingerprint density at radius 2 is 2.05 bits per heavy atom. The second-order valence-corrected chi connectivity index (χ2v) is 4.79. The third-order valence-electron chi connectivity index (χ3n) is 2.73. The molecule has 0 aliphatic carbocycles. The summed E-state index contributed by atoms with van der Waals surface area (Å²) in [4.78, 5) is 22.4. The molecular weight excluding hydrogens is 248 g/mol. The normalized spacial score (nSPS) is 12.2. The Morgan fingerprint density at radius 1 is 1.37 bits per heavy atom. The van der Waals surface area contributed by atoms with E-state index in [0.29, 0.717) is 5.76 Å². The quantitative estimate of drug-likeness (QED) is 0.734. The summed E-state index contributed by atoms with van der Waals surface area (Å²) in [5.74, 6) is 0.559. The third kappa shape index (κ3) is 5.46. The van der Waals surface area contributed by atoms with Crippen LogP contribution in [0, 0.1) is 12.8 Å². The van der Waals surface area contributed by atoms with Crippen molar-refractivity contribution in [2.24, 2.45) is 5.92 Å². The van der Waals surface area contributed by atoms with Gasteiger partial charge in [-0.15, -0.1) is 0 Å². The van der Waals surface area contributed by atoms with E-state index < -0.39 is 18.0 Å². The summed E-state index contributed by atoms with van der Waals surface area (Å²) in [6, 6.07) is 2.81. The number of urea groups is 1. The summed E-state index contributed by atoms with van der Waals surface area (Å²) in [7, 11) is 0. The summed E-state index contributed by atoms with van der Waals surface area (Å²) >= 11 is 0. The molecule has 3 N–H and O–H groups in total. The van der Waals surface area contributed by atoms with Crippen LogP contribution >= 0.6 is 0 Å². The molecule has 0 spiro atoms. The van der Waals surface area contributed by atoms with E-state index in [2.05, 4.69) is 10.6 Å². The molecule has 0 aliphatic heterocycles. The maximum absolute atomic E-state index is 11.7. The van der Waals surface area contributed by atoms with Gasteiger partial charge < -0.3 is 20.2 Å². The second kappa shape index (κ2) is 6.82. The molecule has 1 aromatic rings. The molecule has 0 radical (unpaired) electrons. The maximum atomic E-state index is 11.7. The minimum atomic E-state index is -0.930. The van der Waals surface area contributed by atoms with E-state index in [1.807, 2.05) is 26.8 Å². The Morgan fingerprint density at radius 3 is 2.53 bits per heavy atom. The van der Waals surface area contributed by atoms with Crippen molar-refractivity contribution in [3.8, 4) is 0 Å². The molecule has 0 bridgehead atoms. The molecule has 106 valence electrons. The zero-order valence-electron chi connectivity index (χ0n) is 11.4. The number of carboxylic acid groups (broad SMARTS) is 1. The van der Waals surface area contributed by atoms with Crippen molar-refractivity contribution in [2.75, 3.05) is 0 Å². The van der Waals surface area contributed by atoms with E-state index >= 15 is 0 Å². The van der Waals surface area contributed by atoms with Crippen LogP contribution in [0.2, 0.25) is 0 Å². The van der Waals surface area contributed by atoms with Crippen LogP contribution in [0.3, 0.4) is 0 Å². The molecule has 0 saturated heterocycles. The molecule has 19 heavy (non-hydrogen) atoms. The lowest BCUT2D eigenvalue weighted by atomic mass is 10.0. The van der Waals surface area contributed by atoms with E-state index in [1.54, 1.807) is 6.07 Å². The number of nitrogens with one attached hydrogen (secondary N) is 2. The molecule has 1 rings (SSSR count). The van der Waals surface area contributed by atoms with Crippen LogP contribution in [0.15, 0.2) is 16.5 Å². The lowest BCUT2D eigenvalue weighted by Gasteiger charge is -2.20. The van der Waals surface area contributed by atoms with Gasteiger partial charge in [-0.05, 0) is 25.0 Å². The van der Waals surface area contributed by atoms with Gasteiger partial charge in [0.05, 0.1) is 13.0 Å². The van der Waals surface area contributed by atoms with E-state index in [1.165, 1.54) is 0 Å². The minimum Gasteiger partial charge on any atom is -0.481 e. The van der Waals surface area contributed by atoms with Gasteiger partial charge in [0.1, 0.15) is 11.5 Å². The highest BCUT2D eigenvalue weighted by atomic mass is 16.4. The summed E-state index contributed by atoms with van der Waals surface area (Å²) < 4.78 is 5.31. The number of carboxylic acids is 1. The third-order valence-corrected chi connectivity index (χ3v) is 2.73. The Balaban J connectivity index is 2.42. The van der Waals surface area contributed by atoms with Gasteiger partial charge >= 0.3 is 12.0 Å². The number of aliphatic carboxylic acids is 1. The lowest BCUT2D eigenvalue weighted by Crippen LogP contribution is -2.45. The smallest absolute Gasteiger partial charge is 0.315 e. The largest absolute Gasteiger partial charge is 0.481 e. The number of rotatable bonds is 6. The standard InChI is InChI=1S/C13H20N2O4/c1-8(2)11(6-12(16)17)15-13(18)14-7-10-5-4-9(3)19-10/h4-5,8,11H,6-7H2,1-3H3,(H,16,17)(H2,14,15,18). The summed E-state index contributed by atoms with van der Waals surface area (Å²) in [6.45, 7) is 5.83. The van der Waals surface area contributed by atoms with E-state index in [0.717, 1.165) is 5.76 Å². The van der Waals surface area contributed by atoms with Gasteiger partial charge in [-0.1, -0.05) is 13.8 Å². The SMILES string of the molecule is Cc1ccc(CNC(=O)NC(CC(=O)O)C(C)C)o1. The Hall–Kier alpha value is -1.98. The van der Waals surface area contributed by atoms with E-state index in [9.17, 15) is 9.59 Å². The van der Waals surface area contributed by atoms with Crippen molar-refractivity contribution in [2.45, 2.75) is 39.8 Å². The molecule has 2 amide bonds. The van der Waals surface area contributed by atoms with Crippen LogP contribution in [0.25, 0.3) is 0 Å². The number of aryl methyl sites for hydroxylation is 1. The molecule has 1 atom stereocenters. The first-order chi connectivity index (χ1) is 8.88. The van der Waals surface area contributed by atoms with Crippen molar-refractivity contribution in [3.63, 3.8) is 0 Å². The fourth-order valence-corrected chi connectivity index (χ4v) is 1.61. The zero-order chi connectivity index (χ0) is 14.4. The van der Waals surface area contributed by atoms with E-state index in [-0.39, 0.29) is 18.9 Å². The van der Waals surface area contributed by atoms with Crippen LogP contribution in [-0.2, 0) is 11.3 Å². The second-order valence-electron chi connectivity index (χ2n) is 4.79. The Bertz CT molecular complexity index is 440. The number of amides is 2. The van der Waals surface area contributed by atoms with E-state index in [4.69, 9.17) is 9.52 Å². The molecule has 1 heterocycles.